The molecule has 0 saturated heterocycles. The van der Waals surface area contributed by atoms with Gasteiger partial charge < -0.3 is 23.8 Å². The second-order valence-corrected chi connectivity index (χ2v) is 6.34. The summed E-state index contributed by atoms with van der Waals surface area (Å²) in [5.74, 6) is 0.439. The summed E-state index contributed by atoms with van der Waals surface area (Å²) >= 11 is 0. The van der Waals surface area contributed by atoms with Gasteiger partial charge in [0.05, 0.1) is 39.2 Å². The first-order valence-electron chi connectivity index (χ1n) is 8.90. The Bertz CT molecular complexity index is 908. The summed E-state index contributed by atoms with van der Waals surface area (Å²) in [4.78, 5) is 26.5. The van der Waals surface area contributed by atoms with Crippen molar-refractivity contribution in [3.05, 3.63) is 41.5 Å². The van der Waals surface area contributed by atoms with E-state index >= 15 is 0 Å². The molecule has 1 aliphatic heterocycles. The second-order valence-electron chi connectivity index (χ2n) is 6.34. The van der Waals surface area contributed by atoms with Crippen molar-refractivity contribution >= 4 is 17.4 Å². The van der Waals surface area contributed by atoms with Gasteiger partial charge in [-0.3, -0.25) is 9.59 Å². The molecule has 0 radical (unpaired) electrons. The number of amides is 1. The van der Waals surface area contributed by atoms with Crippen LogP contribution in [-0.4, -0.2) is 46.2 Å². The summed E-state index contributed by atoms with van der Waals surface area (Å²) in [5.41, 5.74) is 1.77. The number of rotatable bonds is 8. The number of hydrogen-bond acceptors (Lipinski definition) is 6. The van der Waals surface area contributed by atoms with Crippen molar-refractivity contribution in [3.8, 4) is 23.0 Å². The lowest BCUT2D eigenvalue weighted by molar-refractivity contribution is -0.114. The quantitative estimate of drug-likeness (QED) is 0.514. The number of ketones is 1. The van der Waals surface area contributed by atoms with Gasteiger partial charge in [-0.05, 0) is 31.0 Å². The van der Waals surface area contributed by atoms with Crippen molar-refractivity contribution < 1.29 is 28.5 Å². The standard InChI is InChI=1S/C21H23NO6/c1-13-7-5-8-14(11-13)28-10-6-9-22-15-12-16(25-2)19(26-3)20(27-4)17(15)18(23)21(22)24/h5,7-8,11-12H,6,9-10H2,1-4H3. The SMILES string of the molecule is COc1cc2c(c(OC)c1OC)C(=O)C(=O)N2CCCOc1cccc(C)c1. The molecule has 0 aromatic heterocycles. The van der Waals surface area contributed by atoms with E-state index in [1.54, 1.807) is 6.07 Å². The number of fused-ring (bicyclic) bond motifs is 1. The van der Waals surface area contributed by atoms with Gasteiger partial charge in [-0.2, -0.15) is 0 Å². The number of methoxy groups -OCH3 is 3. The molecule has 7 nitrogen and oxygen atoms in total. The van der Waals surface area contributed by atoms with Crippen molar-refractivity contribution in [1.82, 2.24) is 0 Å². The molecule has 148 valence electrons. The molecule has 1 aliphatic rings. The molecule has 0 atom stereocenters. The minimum atomic E-state index is -0.618. The fraction of sp³-hybridized carbons (Fsp3) is 0.333. The average molecular weight is 385 g/mol. The summed E-state index contributed by atoms with van der Waals surface area (Å²) in [5, 5.41) is 0. The fourth-order valence-electron chi connectivity index (χ4n) is 3.25. The van der Waals surface area contributed by atoms with Crippen molar-refractivity contribution in [1.29, 1.82) is 0 Å². The normalized spacial score (nSPS) is 12.8. The highest BCUT2D eigenvalue weighted by Gasteiger charge is 2.40. The van der Waals surface area contributed by atoms with Crippen LogP contribution in [0.1, 0.15) is 22.3 Å². The van der Waals surface area contributed by atoms with E-state index < -0.39 is 11.7 Å². The number of Topliss-reactive ketones (excluding diaryl/α,β-unsaturated/α-hetero) is 1. The van der Waals surface area contributed by atoms with Crippen LogP contribution in [0.5, 0.6) is 23.0 Å². The largest absolute Gasteiger partial charge is 0.494 e. The van der Waals surface area contributed by atoms with Gasteiger partial charge in [0.1, 0.15) is 5.75 Å². The summed E-state index contributed by atoms with van der Waals surface area (Å²) in [6.45, 7) is 2.75. The Morgan fingerprint density at radius 1 is 0.964 bits per heavy atom. The molecule has 0 N–H and O–H groups in total. The number of hydrogen-bond donors (Lipinski definition) is 0. The van der Waals surface area contributed by atoms with E-state index in [-0.39, 0.29) is 17.1 Å². The smallest absolute Gasteiger partial charge is 0.299 e. The highest BCUT2D eigenvalue weighted by molar-refractivity contribution is 6.53. The Balaban J connectivity index is 1.79. The Morgan fingerprint density at radius 2 is 1.71 bits per heavy atom. The number of nitrogens with zero attached hydrogens (tertiary/aromatic N) is 1. The van der Waals surface area contributed by atoms with Gasteiger partial charge in [0, 0.05) is 12.6 Å². The molecule has 1 amide bonds. The van der Waals surface area contributed by atoms with E-state index in [0.717, 1.165) is 11.3 Å². The van der Waals surface area contributed by atoms with Crippen LogP contribution in [0.25, 0.3) is 0 Å². The zero-order valence-corrected chi connectivity index (χ0v) is 16.4. The second kappa shape index (κ2) is 8.21. The summed E-state index contributed by atoms with van der Waals surface area (Å²) < 4.78 is 21.7. The number of carbonyl (C=O) groups is 2. The molecule has 0 saturated carbocycles. The molecule has 1 heterocycles. The third-order valence-corrected chi connectivity index (χ3v) is 4.55. The topological polar surface area (TPSA) is 74.3 Å². The van der Waals surface area contributed by atoms with Crippen molar-refractivity contribution in [2.75, 3.05) is 39.4 Å². The Hall–Kier alpha value is -3.22. The first kappa shape index (κ1) is 19.5. The molecule has 0 unspecified atom stereocenters. The third-order valence-electron chi connectivity index (χ3n) is 4.55. The fourth-order valence-corrected chi connectivity index (χ4v) is 3.25. The van der Waals surface area contributed by atoms with Gasteiger partial charge in [-0.1, -0.05) is 12.1 Å². The lowest BCUT2D eigenvalue weighted by atomic mass is 10.1. The summed E-state index contributed by atoms with van der Waals surface area (Å²) in [6, 6.07) is 9.38. The minimum absolute atomic E-state index is 0.199. The predicted molar refractivity (Wildman–Crippen MR) is 104 cm³/mol. The minimum Gasteiger partial charge on any atom is -0.494 e. The third kappa shape index (κ3) is 3.47. The molecule has 0 bridgehead atoms. The summed E-state index contributed by atoms with van der Waals surface area (Å²) in [7, 11) is 4.37. The van der Waals surface area contributed by atoms with Crippen LogP contribution in [-0.2, 0) is 4.79 Å². The molecule has 0 aliphatic carbocycles. The average Bonchev–Trinajstić information content (AvgIpc) is 2.94. The summed E-state index contributed by atoms with van der Waals surface area (Å²) in [6.07, 6.45) is 0.559. The Kier molecular flexibility index (Phi) is 5.73. The predicted octanol–water partition coefficient (Wildman–Crippen LogP) is 3.02. The Labute approximate surface area is 163 Å². The lowest BCUT2D eigenvalue weighted by Gasteiger charge is -2.19. The van der Waals surface area contributed by atoms with E-state index in [9.17, 15) is 9.59 Å². The number of carbonyl (C=O) groups excluding carboxylic acids is 2. The maximum atomic E-state index is 12.5. The first-order chi connectivity index (χ1) is 13.5. The lowest BCUT2D eigenvalue weighted by Crippen LogP contribution is -2.31. The van der Waals surface area contributed by atoms with Crippen molar-refractivity contribution in [3.63, 3.8) is 0 Å². The van der Waals surface area contributed by atoms with Crippen molar-refractivity contribution in [2.45, 2.75) is 13.3 Å². The number of benzene rings is 2. The van der Waals surface area contributed by atoms with Gasteiger partial charge >= 0.3 is 0 Å². The number of aryl methyl sites for hydroxylation is 1. The van der Waals surface area contributed by atoms with E-state index in [1.165, 1.54) is 26.2 Å². The van der Waals surface area contributed by atoms with Gasteiger partial charge in [0.15, 0.2) is 11.5 Å². The molecule has 7 heteroatoms. The molecule has 0 fully saturated rings. The van der Waals surface area contributed by atoms with Crippen molar-refractivity contribution in [2.24, 2.45) is 0 Å². The van der Waals surface area contributed by atoms with Crippen LogP contribution in [0.15, 0.2) is 30.3 Å². The number of anilines is 1. The van der Waals surface area contributed by atoms with E-state index in [4.69, 9.17) is 18.9 Å². The van der Waals surface area contributed by atoms with Crippen LogP contribution in [0.4, 0.5) is 5.69 Å². The van der Waals surface area contributed by atoms with Crippen LogP contribution in [0, 0.1) is 6.92 Å². The molecule has 0 spiro atoms. The molecular formula is C21H23NO6. The van der Waals surface area contributed by atoms with E-state index in [2.05, 4.69) is 0 Å². The van der Waals surface area contributed by atoms with Crippen LogP contribution in [0.3, 0.4) is 0 Å². The maximum absolute atomic E-state index is 12.5. The highest BCUT2D eigenvalue weighted by atomic mass is 16.5. The Morgan fingerprint density at radius 3 is 2.36 bits per heavy atom. The zero-order valence-electron chi connectivity index (χ0n) is 16.4. The zero-order chi connectivity index (χ0) is 20.3. The van der Waals surface area contributed by atoms with Crippen LogP contribution < -0.4 is 23.8 Å². The highest BCUT2D eigenvalue weighted by Crippen LogP contribution is 2.48. The van der Waals surface area contributed by atoms with Crippen LogP contribution >= 0.6 is 0 Å². The molecule has 28 heavy (non-hydrogen) atoms. The maximum Gasteiger partial charge on any atom is 0.299 e. The molecule has 2 aromatic rings. The number of ether oxygens (including phenoxy) is 4. The van der Waals surface area contributed by atoms with Gasteiger partial charge in [0.25, 0.3) is 11.7 Å². The molecule has 3 rings (SSSR count). The van der Waals surface area contributed by atoms with E-state index in [0.29, 0.717) is 31.0 Å². The van der Waals surface area contributed by atoms with Crippen LogP contribution in [0.2, 0.25) is 0 Å². The monoisotopic (exact) mass is 385 g/mol. The molecular weight excluding hydrogens is 362 g/mol. The van der Waals surface area contributed by atoms with Gasteiger partial charge in [-0.25, -0.2) is 0 Å². The molecule has 2 aromatic carbocycles. The first-order valence-corrected chi connectivity index (χ1v) is 8.90. The van der Waals surface area contributed by atoms with E-state index in [1.807, 2.05) is 31.2 Å². The van der Waals surface area contributed by atoms with Gasteiger partial charge in [0.2, 0.25) is 5.75 Å². The van der Waals surface area contributed by atoms with Gasteiger partial charge in [-0.15, -0.1) is 0 Å².